The first-order valence-electron chi connectivity index (χ1n) is 8.33. The van der Waals surface area contributed by atoms with Gasteiger partial charge >= 0.3 is 0 Å². The summed E-state index contributed by atoms with van der Waals surface area (Å²) in [6.07, 6.45) is 3.01. The number of piperidine rings is 1. The Labute approximate surface area is 156 Å². The van der Waals surface area contributed by atoms with Gasteiger partial charge < -0.3 is 15.5 Å². The van der Waals surface area contributed by atoms with Crippen molar-refractivity contribution in [3.05, 3.63) is 34.7 Å². The van der Waals surface area contributed by atoms with Gasteiger partial charge in [-0.1, -0.05) is 12.1 Å². The summed E-state index contributed by atoms with van der Waals surface area (Å²) in [4.78, 5) is 35.8. The Kier molecular flexibility index (Phi) is 5.41. The monoisotopic (exact) mass is 371 g/mol. The van der Waals surface area contributed by atoms with E-state index in [1.807, 2.05) is 24.3 Å². The molecule has 0 aromatic heterocycles. The smallest absolute Gasteiger partial charge is 0.286 e. The Morgan fingerprint density at radius 1 is 1.23 bits per heavy atom. The lowest BCUT2D eigenvalue weighted by Crippen LogP contribution is -2.33. The maximum absolute atomic E-state index is 12.0. The van der Waals surface area contributed by atoms with E-state index in [1.165, 1.54) is 11.8 Å². The van der Waals surface area contributed by atoms with Crippen molar-refractivity contribution < 1.29 is 9.59 Å². The molecule has 0 unspecified atom stereocenters. The topological polar surface area (TPSA) is 91.4 Å². The van der Waals surface area contributed by atoms with Gasteiger partial charge in [-0.3, -0.25) is 9.59 Å². The molecule has 3 rings (SSSR count). The maximum atomic E-state index is 12.0. The van der Waals surface area contributed by atoms with Crippen LogP contribution in [0.25, 0.3) is 6.08 Å². The van der Waals surface area contributed by atoms with E-state index < -0.39 is 0 Å². The van der Waals surface area contributed by atoms with E-state index in [1.54, 1.807) is 25.1 Å². The first-order valence-corrected chi connectivity index (χ1v) is 9.15. The molecule has 136 valence electrons. The molecule has 2 aliphatic heterocycles. The number of thioether (sulfide) groups is 1. The zero-order chi connectivity index (χ0) is 18.7. The van der Waals surface area contributed by atoms with Gasteiger partial charge in [-0.15, -0.1) is 0 Å². The molecule has 0 radical (unpaired) electrons. The van der Waals surface area contributed by atoms with E-state index >= 15 is 0 Å². The van der Waals surface area contributed by atoms with Crippen LogP contribution in [-0.2, 0) is 9.59 Å². The van der Waals surface area contributed by atoms with Crippen LogP contribution < -0.4 is 10.6 Å². The molecule has 1 aromatic rings. The number of hydrogen-bond acceptors (Lipinski definition) is 5. The normalized spacial score (nSPS) is 19.9. The zero-order valence-corrected chi connectivity index (χ0v) is 15.6. The molecule has 0 atom stereocenters. The number of guanidine groups is 1. The Morgan fingerprint density at radius 2 is 1.88 bits per heavy atom. The van der Waals surface area contributed by atoms with Crippen LogP contribution in [-0.4, -0.2) is 54.9 Å². The van der Waals surface area contributed by atoms with E-state index in [9.17, 15) is 9.59 Å². The van der Waals surface area contributed by atoms with E-state index in [2.05, 4.69) is 14.9 Å². The molecule has 2 aliphatic rings. The average Bonchev–Trinajstić information content (AvgIpc) is 2.95. The Hall–Kier alpha value is -2.61. The number of carbonyl (C=O) groups excluding carboxylic acids is 2. The minimum atomic E-state index is -0.307. The molecule has 7 nitrogen and oxygen atoms in total. The van der Waals surface area contributed by atoms with Crippen LogP contribution in [0, 0.1) is 0 Å². The predicted molar refractivity (Wildman–Crippen MR) is 106 cm³/mol. The van der Waals surface area contributed by atoms with Crippen molar-refractivity contribution >= 4 is 46.3 Å². The Bertz CT molecular complexity index is 801. The molecule has 1 amide bonds. The van der Waals surface area contributed by atoms with Crippen molar-refractivity contribution in [2.75, 3.05) is 32.1 Å². The van der Waals surface area contributed by atoms with Crippen molar-refractivity contribution in [1.82, 2.24) is 4.90 Å². The number of amides is 1. The maximum Gasteiger partial charge on any atom is 0.286 e. The third kappa shape index (κ3) is 4.32. The number of benzene rings is 1. The quantitative estimate of drug-likeness (QED) is 0.483. The number of Topliss-reactive ketones (excluding diaryl/α,β-unsaturated/α-hetero) is 1. The first kappa shape index (κ1) is 18.2. The summed E-state index contributed by atoms with van der Waals surface area (Å²) in [5, 5.41) is 0.349. The predicted octanol–water partition coefficient (Wildman–Crippen LogP) is 1.70. The van der Waals surface area contributed by atoms with Gasteiger partial charge in [0.1, 0.15) is 5.78 Å². The van der Waals surface area contributed by atoms with E-state index in [0.717, 1.165) is 24.3 Å². The summed E-state index contributed by atoms with van der Waals surface area (Å²) >= 11 is 1.21. The molecule has 0 bridgehead atoms. The standard InChI is InChI=1S/C18H21N5O2S/c1-22(2)17(19)21-18-20-16(25)15(26-18)11-12-3-5-13(6-4-12)23-9-7-14(24)8-10-23/h3-6,11H,7-10H2,1-2H3,(H2,19,20,21,25). The van der Waals surface area contributed by atoms with Gasteiger partial charge in [-0.2, -0.15) is 9.98 Å². The molecule has 1 aromatic carbocycles. The number of nitrogens with zero attached hydrogens (tertiary/aromatic N) is 4. The van der Waals surface area contributed by atoms with E-state index in [0.29, 0.717) is 34.7 Å². The minimum absolute atomic E-state index is 0.301. The summed E-state index contributed by atoms with van der Waals surface area (Å²) in [5.74, 6) is 0.321. The lowest BCUT2D eigenvalue weighted by molar-refractivity contribution is -0.119. The third-order valence-corrected chi connectivity index (χ3v) is 5.03. The molecule has 2 N–H and O–H groups in total. The number of carbonyl (C=O) groups is 2. The Balaban J connectivity index is 1.68. The fourth-order valence-corrected chi connectivity index (χ4v) is 3.38. The molecule has 0 spiro atoms. The molecular weight excluding hydrogens is 350 g/mol. The van der Waals surface area contributed by atoms with Crippen LogP contribution >= 0.6 is 11.8 Å². The second-order valence-electron chi connectivity index (χ2n) is 6.29. The van der Waals surface area contributed by atoms with Crippen molar-refractivity contribution in [3.63, 3.8) is 0 Å². The van der Waals surface area contributed by atoms with Crippen molar-refractivity contribution in [2.24, 2.45) is 15.7 Å². The van der Waals surface area contributed by atoms with Crippen LogP contribution in [0.5, 0.6) is 0 Å². The van der Waals surface area contributed by atoms with Crippen LogP contribution in [0.2, 0.25) is 0 Å². The van der Waals surface area contributed by atoms with Gasteiger partial charge in [-0.05, 0) is 35.5 Å². The highest BCUT2D eigenvalue weighted by Gasteiger charge is 2.22. The van der Waals surface area contributed by atoms with Crippen LogP contribution in [0.4, 0.5) is 5.69 Å². The summed E-state index contributed by atoms with van der Waals surface area (Å²) in [7, 11) is 3.55. The molecule has 8 heteroatoms. The average molecular weight is 371 g/mol. The van der Waals surface area contributed by atoms with Crippen molar-refractivity contribution in [2.45, 2.75) is 12.8 Å². The number of amidine groups is 1. The van der Waals surface area contributed by atoms with E-state index in [-0.39, 0.29) is 5.91 Å². The number of ketones is 1. The second kappa shape index (κ2) is 7.74. The fourth-order valence-electron chi connectivity index (χ4n) is 2.59. The lowest BCUT2D eigenvalue weighted by atomic mass is 10.1. The summed E-state index contributed by atoms with van der Waals surface area (Å²) in [6.45, 7) is 1.52. The summed E-state index contributed by atoms with van der Waals surface area (Å²) < 4.78 is 0. The third-order valence-electron chi connectivity index (χ3n) is 4.15. The lowest BCUT2D eigenvalue weighted by Gasteiger charge is -2.28. The minimum Gasteiger partial charge on any atom is -0.371 e. The van der Waals surface area contributed by atoms with Gasteiger partial charge in [0, 0.05) is 45.7 Å². The molecule has 0 saturated carbocycles. The van der Waals surface area contributed by atoms with Gasteiger partial charge in [0.15, 0.2) is 11.1 Å². The highest BCUT2D eigenvalue weighted by molar-refractivity contribution is 8.18. The van der Waals surface area contributed by atoms with Crippen molar-refractivity contribution in [3.8, 4) is 0 Å². The summed E-state index contributed by atoms with van der Waals surface area (Å²) in [6, 6.07) is 7.94. The van der Waals surface area contributed by atoms with Crippen LogP contribution in [0.3, 0.4) is 0 Å². The molecule has 26 heavy (non-hydrogen) atoms. The number of nitrogens with two attached hydrogens (primary N) is 1. The van der Waals surface area contributed by atoms with Crippen LogP contribution in [0.1, 0.15) is 18.4 Å². The fraction of sp³-hybridized carbons (Fsp3) is 0.333. The van der Waals surface area contributed by atoms with E-state index in [4.69, 9.17) is 5.73 Å². The second-order valence-corrected chi connectivity index (χ2v) is 7.30. The molecule has 1 fully saturated rings. The number of hydrogen-bond donors (Lipinski definition) is 1. The number of aliphatic imine (C=N–C) groups is 2. The molecule has 2 heterocycles. The van der Waals surface area contributed by atoms with Gasteiger partial charge in [0.05, 0.1) is 4.91 Å². The Morgan fingerprint density at radius 3 is 2.50 bits per heavy atom. The number of anilines is 1. The first-order chi connectivity index (χ1) is 12.4. The highest BCUT2D eigenvalue weighted by atomic mass is 32.2. The largest absolute Gasteiger partial charge is 0.371 e. The molecule has 0 aliphatic carbocycles. The molecular formula is C18H21N5O2S. The zero-order valence-electron chi connectivity index (χ0n) is 14.8. The SMILES string of the molecule is CN(C)C(N)=NC1=NC(=O)C(=Cc2ccc(N3CCC(=O)CC3)cc2)S1. The highest BCUT2D eigenvalue weighted by Crippen LogP contribution is 2.29. The van der Waals surface area contributed by atoms with Gasteiger partial charge in [-0.25, -0.2) is 0 Å². The number of rotatable bonds is 2. The van der Waals surface area contributed by atoms with Gasteiger partial charge in [0.25, 0.3) is 5.91 Å². The van der Waals surface area contributed by atoms with Crippen molar-refractivity contribution in [1.29, 1.82) is 0 Å². The van der Waals surface area contributed by atoms with Gasteiger partial charge in [0.2, 0.25) is 0 Å². The van der Waals surface area contributed by atoms with Crippen LogP contribution in [0.15, 0.2) is 39.2 Å². The molecule has 1 saturated heterocycles. The summed E-state index contributed by atoms with van der Waals surface area (Å²) in [5.41, 5.74) is 7.76.